The summed E-state index contributed by atoms with van der Waals surface area (Å²) in [5.41, 5.74) is -0.303. The fraction of sp³-hybridized carbons (Fsp3) is 0.500. The smallest absolute Gasteiger partial charge is 0.243 e. The predicted molar refractivity (Wildman–Crippen MR) is 81.7 cm³/mol. The molecule has 2 rings (SSSR count). The molecule has 0 bridgehead atoms. The van der Waals surface area contributed by atoms with Crippen molar-refractivity contribution >= 4 is 27.5 Å². The molecule has 0 saturated carbocycles. The van der Waals surface area contributed by atoms with Crippen molar-refractivity contribution in [3.63, 3.8) is 0 Å². The zero-order chi connectivity index (χ0) is 15.8. The van der Waals surface area contributed by atoms with Crippen LogP contribution >= 0.6 is 11.6 Å². The van der Waals surface area contributed by atoms with Gasteiger partial charge in [-0.3, -0.25) is 4.79 Å². The number of hydrogen-bond donors (Lipinski definition) is 0. The SMILES string of the molecule is CC(C)(C)N1CCN(S(=O)(=O)c2cccc(Cl)c2)CC1=O. The van der Waals surface area contributed by atoms with E-state index in [1.165, 1.54) is 16.4 Å². The molecule has 116 valence electrons. The van der Waals surface area contributed by atoms with Crippen LogP contribution in [0.25, 0.3) is 0 Å². The molecule has 7 heteroatoms. The molecule has 0 radical (unpaired) electrons. The number of sulfonamides is 1. The van der Waals surface area contributed by atoms with Crippen LogP contribution in [0.4, 0.5) is 0 Å². The van der Waals surface area contributed by atoms with Gasteiger partial charge in [-0.2, -0.15) is 4.31 Å². The number of piperazine rings is 1. The number of benzene rings is 1. The predicted octanol–water partition coefficient (Wildman–Crippen LogP) is 1.97. The van der Waals surface area contributed by atoms with Gasteiger partial charge in [0.05, 0.1) is 11.4 Å². The van der Waals surface area contributed by atoms with Gasteiger partial charge >= 0.3 is 0 Å². The van der Waals surface area contributed by atoms with Crippen LogP contribution in [0, 0.1) is 0 Å². The topological polar surface area (TPSA) is 57.7 Å². The van der Waals surface area contributed by atoms with E-state index in [9.17, 15) is 13.2 Å². The highest BCUT2D eigenvalue weighted by Crippen LogP contribution is 2.23. The van der Waals surface area contributed by atoms with Gasteiger partial charge in [-0.1, -0.05) is 17.7 Å². The Balaban J connectivity index is 2.23. The van der Waals surface area contributed by atoms with Gasteiger partial charge in [0, 0.05) is 23.7 Å². The number of nitrogens with zero attached hydrogens (tertiary/aromatic N) is 2. The fourth-order valence-corrected chi connectivity index (χ4v) is 4.02. The van der Waals surface area contributed by atoms with Crippen molar-refractivity contribution in [1.82, 2.24) is 9.21 Å². The molecule has 1 aliphatic rings. The molecule has 0 spiro atoms. The summed E-state index contributed by atoms with van der Waals surface area (Å²) in [5, 5.41) is 0.357. The summed E-state index contributed by atoms with van der Waals surface area (Å²) in [5.74, 6) is -0.181. The molecular weight excluding hydrogens is 312 g/mol. The van der Waals surface area contributed by atoms with Crippen LogP contribution in [0.15, 0.2) is 29.2 Å². The van der Waals surface area contributed by atoms with Crippen LogP contribution < -0.4 is 0 Å². The minimum atomic E-state index is -3.68. The van der Waals surface area contributed by atoms with Crippen molar-refractivity contribution in [2.24, 2.45) is 0 Å². The molecule has 21 heavy (non-hydrogen) atoms. The number of hydrogen-bond acceptors (Lipinski definition) is 3. The fourth-order valence-electron chi connectivity index (χ4n) is 2.34. The monoisotopic (exact) mass is 330 g/mol. The van der Waals surface area contributed by atoms with Gasteiger partial charge < -0.3 is 4.90 Å². The number of rotatable bonds is 2. The third-order valence-corrected chi connectivity index (χ3v) is 5.51. The zero-order valence-electron chi connectivity index (χ0n) is 12.3. The van der Waals surface area contributed by atoms with E-state index >= 15 is 0 Å². The first-order valence-corrected chi connectivity index (χ1v) is 8.50. The Labute approximate surface area is 130 Å². The molecule has 5 nitrogen and oxygen atoms in total. The second-order valence-electron chi connectivity index (χ2n) is 6.01. The minimum Gasteiger partial charge on any atom is -0.335 e. The van der Waals surface area contributed by atoms with Crippen LogP contribution in [-0.4, -0.2) is 48.7 Å². The lowest BCUT2D eigenvalue weighted by Gasteiger charge is -2.41. The van der Waals surface area contributed by atoms with Gasteiger partial charge in [0.25, 0.3) is 0 Å². The molecule has 0 N–H and O–H groups in total. The summed E-state index contributed by atoms with van der Waals surface area (Å²) in [6, 6.07) is 6.09. The molecule has 1 amide bonds. The molecule has 0 aromatic heterocycles. The molecule has 1 heterocycles. The molecular formula is C14H19ClN2O3S. The summed E-state index contributed by atoms with van der Waals surface area (Å²) in [6.07, 6.45) is 0. The normalized spacial score (nSPS) is 18.1. The molecule has 1 saturated heterocycles. The lowest BCUT2D eigenvalue weighted by Crippen LogP contribution is -2.57. The quantitative estimate of drug-likeness (QED) is 0.833. The van der Waals surface area contributed by atoms with E-state index < -0.39 is 10.0 Å². The number of amides is 1. The van der Waals surface area contributed by atoms with Crippen LogP contribution in [0.5, 0.6) is 0 Å². The number of carbonyl (C=O) groups is 1. The average Bonchev–Trinajstić information content (AvgIpc) is 2.37. The van der Waals surface area contributed by atoms with Crippen LogP contribution in [0.2, 0.25) is 5.02 Å². The molecule has 0 aliphatic carbocycles. The Hall–Kier alpha value is -1.11. The number of halogens is 1. The first-order valence-electron chi connectivity index (χ1n) is 6.68. The molecule has 1 aromatic carbocycles. The van der Waals surface area contributed by atoms with Gasteiger partial charge in [-0.15, -0.1) is 0 Å². The Morgan fingerprint density at radius 2 is 1.86 bits per heavy atom. The van der Waals surface area contributed by atoms with E-state index in [4.69, 9.17) is 11.6 Å². The summed E-state index contributed by atoms with van der Waals surface area (Å²) < 4.78 is 26.3. The maximum Gasteiger partial charge on any atom is 0.243 e. The van der Waals surface area contributed by atoms with Gasteiger partial charge in [-0.05, 0) is 39.0 Å². The Kier molecular flexibility index (Phi) is 4.33. The highest BCUT2D eigenvalue weighted by molar-refractivity contribution is 7.89. The van der Waals surface area contributed by atoms with Crippen LogP contribution in [-0.2, 0) is 14.8 Å². The Morgan fingerprint density at radius 1 is 1.19 bits per heavy atom. The molecule has 0 unspecified atom stereocenters. The van der Waals surface area contributed by atoms with Crippen molar-refractivity contribution in [2.75, 3.05) is 19.6 Å². The van der Waals surface area contributed by atoms with E-state index in [0.717, 1.165) is 0 Å². The van der Waals surface area contributed by atoms with Crippen molar-refractivity contribution in [3.05, 3.63) is 29.3 Å². The third kappa shape index (κ3) is 3.39. The highest BCUT2D eigenvalue weighted by Gasteiger charge is 2.36. The van der Waals surface area contributed by atoms with E-state index in [2.05, 4.69) is 0 Å². The minimum absolute atomic E-state index is 0.118. The molecule has 1 aliphatic heterocycles. The average molecular weight is 331 g/mol. The first-order chi connectivity index (χ1) is 9.62. The van der Waals surface area contributed by atoms with E-state index in [0.29, 0.717) is 11.6 Å². The summed E-state index contributed by atoms with van der Waals surface area (Å²) in [4.78, 5) is 14.0. The largest absolute Gasteiger partial charge is 0.335 e. The lowest BCUT2D eigenvalue weighted by atomic mass is 10.1. The van der Waals surface area contributed by atoms with Crippen LogP contribution in [0.3, 0.4) is 0 Å². The van der Waals surface area contributed by atoms with Crippen molar-refractivity contribution in [3.8, 4) is 0 Å². The highest BCUT2D eigenvalue weighted by atomic mass is 35.5. The number of carbonyl (C=O) groups excluding carboxylic acids is 1. The van der Waals surface area contributed by atoms with Gasteiger partial charge in [0.2, 0.25) is 15.9 Å². The first kappa shape index (κ1) is 16.3. The molecule has 1 fully saturated rings. The van der Waals surface area contributed by atoms with Crippen LogP contribution in [0.1, 0.15) is 20.8 Å². The maximum atomic E-state index is 12.5. The van der Waals surface area contributed by atoms with Crippen molar-refractivity contribution in [1.29, 1.82) is 0 Å². The zero-order valence-corrected chi connectivity index (χ0v) is 13.9. The Bertz CT molecular complexity index is 652. The third-order valence-electron chi connectivity index (χ3n) is 3.43. The standard InChI is InChI=1S/C14H19ClN2O3S/c1-14(2,3)17-8-7-16(10-13(17)18)21(19,20)12-6-4-5-11(15)9-12/h4-6,9H,7-8,10H2,1-3H3. The van der Waals surface area contributed by atoms with Gasteiger partial charge in [-0.25, -0.2) is 8.42 Å². The van der Waals surface area contributed by atoms with Gasteiger partial charge in [0.1, 0.15) is 0 Å². The second kappa shape index (κ2) is 5.59. The summed E-state index contributed by atoms with van der Waals surface area (Å²) in [6.45, 7) is 6.36. The van der Waals surface area contributed by atoms with Crippen molar-refractivity contribution < 1.29 is 13.2 Å². The lowest BCUT2D eigenvalue weighted by molar-refractivity contribution is -0.139. The maximum absolute atomic E-state index is 12.5. The van der Waals surface area contributed by atoms with Gasteiger partial charge in [0.15, 0.2) is 0 Å². The summed E-state index contributed by atoms with van der Waals surface area (Å²) in [7, 11) is -3.68. The van der Waals surface area contributed by atoms with E-state index in [-0.39, 0.29) is 29.4 Å². The van der Waals surface area contributed by atoms with E-state index in [1.807, 2.05) is 20.8 Å². The Morgan fingerprint density at radius 3 is 2.38 bits per heavy atom. The second-order valence-corrected chi connectivity index (χ2v) is 8.39. The molecule has 0 atom stereocenters. The summed E-state index contributed by atoms with van der Waals surface area (Å²) >= 11 is 5.84. The van der Waals surface area contributed by atoms with E-state index in [1.54, 1.807) is 17.0 Å². The molecule has 1 aromatic rings. The van der Waals surface area contributed by atoms with Crippen molar-refractivity contribution in [2.45, 2.75) is 31.2 Å².